The van der Waals surface area contributed by atoms with E-state index in [-0.39, 0.29) is 13.0 Å². The number of amides is 1. The fourth-order valence-corrected chi connectivity index (χ4v) is 1.24. The van der Waals surface area contributed by atoms with Crippen LogP contribution in [-0.2, 0) is 4.79 Å². The third-order valence-electron chi connectivity index (χ3n) is 1.79. The first kappa shape index (κ1) is 8.79. The number of likely N-dealkylation sites (tertiary alicyclic amines) is 1. The summed E-state index contributed by atoms with van der Waals surface area (Å²) < 4.78 is 0. The number of hydrogen-bond donors (Lipinski definition) is 1. The van der Waals surface area contributed by atoms with Crippen molar-refractivity contribution >= 4 is 12.1 Å². The van der Waals surface area contributed by atoms with Crippen LogP contribution in [0.1, 0.15) is 6.42 Å². The smallest absolute Gasteiger partial charge is 0.137 e. The highest BCUT2D eigenvalue weighted by Gasteiger charge is 2.31. The fourth-order valence-electron chi connectivity index (χ4n) is 1.24. The first-order chi connectivity index (χ1) is 5.52. The molecule has 1 N–H and O–H groups in total. The number of carboxylic acids is 1. The zero-order valence-corrected chi connectivity index (χ0v) is 6.10. The average Bonchev–Trinajstić information content (AvgIpc) is 2.31. The summed E-state index contributed by atoms with van der Waals surface area (Å²) in [4.78, 5) is 21.1. The van der Waals surface area contributed by atoms with Crippen LogP contribution in [0.15, 0.2) is 0 Å². The molecule has 0 spiro atoms. The molecular weight excluding hydrogens is 166 g/mol. The first-order valence-electron chi connectivity index (χ1n) is 3.39. The molecule has 1 saturated heterocycles. The minimum absolute atomic E-state index is 0.129. The number of rotatable bonds is 1. The lowest BCUT2D eigenvalue weighted by molar-refractivity contribution is -0.314. The molecule has 0 aromatic rings. The molecule has 0 aromatic carbocycles. The van der Waals surface area contributed by atoms with E-state index >= 15 is 0 Å². The SMILES string of the molecule is O=C([O-])C1CC(O)CN1C(=O)[O-]. The van der Waals surface area contributed by atoms with Gasteiger partial charge in [0.2, 0.25) is 0 Å². The summed E-state index contributed by atoms with van der Waals surface area (Å²) >= 11 is 0. The molecule has 1 heterocycles. The first-order valence-corrected chi connectivity index (χ1v) is 3.39. The van der Waals surface area contributed by atoms with E-state index in [0.29, 0.717) is 4.90 Å². The normalized spacial score (nSPS) is 28.9. The van der Waals surface area contributed by atoms with Crippen molar-refractivity contribution in [3.63, 3.8) is 0 Å². The van der Waals surface area contributed by atoms with Gasteiger partial charge in [-0.05, 0) is 0 Å². The topological polar surface area (TPSA) is 104 Å². The Morgan fingerprint density at radius 2 is 2.00 bits per heavy atom. The number of carbonyl (C=O) groups is 2. The van der Waals surface area contributed by atoms with Crippen molar-refractivity contribution in [3.8, 4) is 0 Å². The number of aliphatic hydroxyl groups excluding tert-OH is 1. The maximum Gasteiger partial charge on any atom is 0.137 e. The van der Waals surface area contributed by atoms with Crippen molar-refractivity contribution in [2.75, 3.05) is 6.54 Å². The van der Waals surface area contributed by atoms with E-state index in [1.807, 2.05) is 0 Å². The molecule has 68 valence electrons. The Labute approximate surface area is 68.0 Å². The predicted octanol–water partition coefficient (Wildman–Crippen LogP) is -3.49. The molecule has 1 aliphatic rings. The molecule has 1 aliphatic heterocycles. The Kier molecular flexibility index (Phi) is 2.18. The zero-order chi connectivity index (χ0) is 9.30. The number of carbonyl (C=O) groups excluding carboxylic acids is 2. The van der Waals surface area contributed by atoms with Crippen molar-refractivity contribution < 1.29 is 24.9 Å². The fraction of sp³-hybridized carbons (Fsp3) is 0.667. The van der Waals surface area contributed by atoms with Crippen LogP contribution in [-0.4, -0.2) is 40.8 Å². The maximum absolute atomic E-state index is 10.3. The van der Waals surface area contributed by atoms with Crippen molar-refractivity contribution in [2.45, 2.75) is 18.6 Å². The number of carboxylic acid groups (broad SMARTS) is 2. The molecule has 1 rings (SSSR count). The van der Waals surface area contributed by atoms with Crippen LogP contribution >= 0.6 is 0 Å². The predicted molar refractivity (Wildman–Crippen MR) is 31.5 cm³/mol. The van der Waals surface area contributed by atoms with Crippen molar-refractivity contribution in [1.82, 2.24) is 4.90 Å². The highest BCUT2D eigenvalue weighted by atomic mass is 16.4. The average molecular weight is 173 g/mol. The monoisotopic (exact) mass is 173 g/mol. The van der Waals surface area contributed by atoms with Gasteiger partial charge >= 0.3 is 0 Å². The molecule has 0 aromatic heterocycles. The Morgan fingerprint density at radius 3 is 2.33 bits per heavy atom. The third-order valence-corrected chi connectivity index (χ3v) is 1.79. The summed E-state index contributed by atoms with van der Waals surface area (Å²) in [6, 6.07) is -1.27. The van der Waals surface area contributed by atoms with Gasteiger partial charge in [-0.1, -0.05) is 0 Å². The van der Waals surface area contributed by atoms with Crippen LogP contribution in [0.3, 0.4) is 0 Å². The molecule has 2 atom stereocenters. The Hall–Kier alpha value is -1.30. The largest absolute Gasteiger partial charge is 0.548 e. The lowest BCUT2D eigenvalue weighted by Gasteiger charge is -2.26. The van der Waals surface area contributed by atoms with Gasteiger partial charge in [-0.3, -0.25) is 0 Å². The Balaban J connectivity index is 2.72. The van der Waals surface area contributed by atoms with Gasteiger partial charge in [0.15, 0.2) is 0 Å². The maximum atomic E-state index is 10.3. The minimum atomic E-state index is -1.60. The molecule has 2 unspecified atom stereocenters. The van der Waals surface area contributed by atoms with Crippen molar-refractivity contribution in [3.05, 3.63) is 0 Å². The van der Waals surface area contributed by atoms with Gasteiger partial charge < -0.3 is 29.8 Å². The quantitative estimate of drug-likeness (QED) is 0.443. The van der Waals surface area contributed by atoms with E-state index in [1.54, 1.807) is 0 Å². The highest BCUT2D eigenvalue weighted by Crippen LogP contribution is 2.16. The second-order valence-electron chi connectivity index (χ2n) is 2.64. The molecule has 0 aliphatic carbocycles. The number of nitrogens with zero attached hydrogens (tertiary/aromatic N) is 1. The summed E-state index contributed by atoms with van der Waals surface area (Å²) in [7, 11) is 0. The molecule has 12 heavy (non-hydrogen) atoms. The van der Waals surface area contributed by atoms with E-state index in [0.717, 1.165) is 0 Å². The highest BCUT2D eigenvalue weighted by molar-refractivity contribution is 5.77. The number of β-amino-alcohol motifs (C(OH)–C–C–N with tert-alkyl or cyclic N) is 1. The van der Waals surface area contributed by atoms with Gasteiger partial charge in [-0.2, -0.15) is 0 Å². The lowest BCUT2D eigenvalue weighted by Crippen LogP contribution is -2.51. The van der Waals surface area contributed by atoms with Crippen LogP contribution in [0.5, 0.6) is 0 Å². The van der Waals surface area contributed by atoms with Crippen molar-refractivity contribution in [1.29, 1.82) is 0 Å². The summed E-state index contributed by atoms with van der Waals surface area (Å²) in [5.41, 5.74) is 0. The van der Waals surface area contributed by atoms with Crippen LogP contribution in [0.4, 0.5) is 4.79 Å². The number of aliphatic hydroxyl groups is 1. The standard InChI is InChI=1S/C6H9NO5/c8-3-1-4(5(9)10)7(2-3)6(11)12/h3-4,8H,1-2H2,(H,9,10)(H,11,12)/p-2. The van der Waals surface area contributed by atoms with Gasteiger partial charge in [-0.25, -0.2) is 0 Å². The van der Waals surface area contributed by atoms with E-state index < -0.39 is 24.2 Å². The van der Waals surface area contributed by atoms with E-state index in [1.165, 1.54) is 0 Å². The summed E-state index contributed by atoms with van der Waals surface area (Å²) in [5.74, 6) is -1.50. The van der Waals surface area contributed by atoms with E-state index in [2.05, 4.69) is 0 Å². The number of hydrogen-bond acceptors (Lipinski definition) is 5. The van der Waals surface area contributed by atoms with Crippen LogP contribution < -0.4 is 10.2 Å². The summed E-state index contributed by atoms with van der Waals surface area (Å²) in [6.07, 6.45) is -2.66. The Morgan fingerprint density at radius 1 is 1.42 bits per heavy atom. The van der Waals surface area contributed by atoms with E-state index in [9.17, 15) is 19.8 Å². The van der Waals surface area contributed by atoms with Crippen LogP contribution in [0, 0.1) is 0 Å². The van der Waals surface area contributed by atoms with Crippen LogP contribution in [0.25, 0.3) is 0 Å². The van der Waals surface area contributed by atoms with Crippen LogP contribution in [0.2, 0.25) is 0 Å². The molecule has 6 nitrogen and oxygen atoms in total. The summed E-state index contributed by atoms with van der Waals surface area (Å²) in [6.45, 7) is -0.221. The molecule has 1 amide bonds. The second kappa shape index (κ2) is 2.98. The molecule has 0 radical (unpaired) electrons. The molecular formula is C6H7NO5-2. The second-order valence-corrected chi connectivity index (χ2v) is 2.64. The molecule has 6 heteroatoms. The number of aliphatic carboxylic acids is 1. The van der Waals surface area contributed by atoms with Gasteiger partial charge in [0.1, 0.15) is 6.09 Å². The van der Waals surface area contributed by atoms with Crippen molar-refractivity contribution in [2.24, 2.45) is 0 Å². The van der Waals surface area contributed by atoms with Gasteiger partial charge in [0, 0.05) is 13.0 Å². The zero-order valence-electron chi connectivity index (χ0n) is 6.10. The minimum Gasteiger partial charge on any atom is -0.548 e. The van der Waals surface area contributed by atoms with Gasteiger partial charge in [0.05, 0.1) is 18.1 Å². The van der Waals surface area contributed by atoms with Gasteiger partial charge in [0.25, 0.3) is 0 Å². The van der Waals surface area contributed by atoms with E-state index in [4.69, 9.17) is 5.11 Å². The molecule has 0 saturated carbocycles. The lowest BCUT2D eigenvalue weighted by atomic mass is 10.2. The Bertz CT molecular complexity index is 194. The third kappa shape index (κ3) is 1.48. The van der Waals surface area contributed by atoms with Gasteiger partial charge in [-0.15, -0.1) is 0 Å². The molecule has 1 fully saturated rings. The molecule has 0 bridgehead atoms. The summed E-state index contributed by atoms with van der Waals surface area (Å²) in [5, 5.41) is 29.5.